The topological polar surface area (TPSA) is 52.5 Å². The molecule has 0 radical (unpaired) electrons. The summed E-state index contributed by atoms with van der Waals surface area (Å²) in [4.78, 5) is 0. The van der Waals surface area contributed by atoms with Gasteiger partial charge in [0, 0.05) is 11.4 Å². The van der Waals surface area contributed by atoms with Crippen molar-refractivity contribution in [2.24, 2.45) is 0 Å². The molecule has 3 nitrogen and oxygen atoms in total. The molecular weight excluding hydrogens is 174 g/mol. The van der Waals surface area contributed by atoms with Crippen LogP contribution in [0.1, 0.15) is 17.7 Å². The van der Waals surface area contributed by atoms with Crippen molar-refractivity contribution < 1.29 is 0 Å². The Bertz CT molecular complexity index is 308. The van der Waals surface area contributed by atoms with E-state index in [0.29, 0.717) is 11.6 Å². The number of nitrogens with zero attached hydrogens (tertiary/aromatic N) is 2. The van der Waals surface area contributed by atoms with Gasteiger partial charge in [-0.25, -0.2) is 0 Å². The maximum absolute atomic E-state index is 8.58. The molecule has 4 heteroatoms. The molecule has 0 aliphatic carbocycles. The molecule has 0 saturated carbocycles. The number of hydrogen-bond acceptors (Lipinski definition) is 2. The predicted molar refractivity (Wildman–Crippen MR) is 47.7 cm³/mol. The lowest BCUT2D eigenvalue weighted by molar-refractivity contribution is 1.07. The van der Waals surface area contributed by atoms with E-state index in [4.69, 9.17) is 16.9 Å². The second-order valence-electron chi connectivity index (χ2n) is 2.19. The lowest BCUT2D eigenvalue weighted by atomic mass is 10.2. The smallest absolute Gasteiger partial charge is 0.142 e. The molecule has 0 amide bonds. The summed E-state index contributed by atoms with van der Waals surface area (Å²) >= 11 is 5.48. The van der Waals surface area contributed by atoms with Gasteiger partial charge >= 0.3 is 0 Å². The quantitative estimate of drug-likeness (QED) is 0.725. The summed E-state index contributed by atoms with van der Waals surface area (Å²) in [7, 11) is 0. The van der Waals surface area contributed by atoms with Gasteiger partial charge in [0.2, 0.25) is 0 Å². The summed E-state index contributed by atoms with van der Waals surface area (Å²) in [6.07, 6.45) is 6.17. The zero-order valence-corrected chi connectivity index (χ0v) is 7.17. The van der Waals surface area contributed by atoms with Crippen molar-refractivity contribution in [2.45, 2.75) is 6.42 Å². The highest BCUT2D eigenvalue weighted by atomic mass is 35.5. The fourth-order valence-corrected chi connectivity index (χ4v) is 0.911. The Morgan fingerprint density at radius 1 is 1.75 bits per heavy atom. The highest BCUT2D eigenvalue weighted by molar-refractivity contribution is 6.17. The third-order valence-electron chi connectivity index (χ3n) is 1.35. The van der Waals surface area contributed by atoms with E-state index in [0.717, 1.165) is 12.0 Å². The summed E-state index contributed by atoms with van der Waals surface area (Å²) in [5.41, 5.74) is 1.29. The molecular formula is C8H8ClN3. The standard InChI is InChI=1S/C8H8ClN3/c9-4-2-1-3-7-6-11-12-8(7)5-10/h1,3,6H,2,4H2,(H,11,12). The van der Waals surface area contributed by atoms with E-state index in [9.17, 15) is 0 Å². The minimum Gasteiger partial charge on any atom is -0.267 e. The van der Waals surface area contributed by atoms with Crippen molar-refractivity contribution in [1.29, 1.82) is 5.26 Å². The molecule has 0 aromatic carbocycles. The van der Waals surface area contributed by atoms with E-state index in [-0.39, 0.29) is 0 Å². The molecule has 0 bridgehead atoms. The van der Waals surface area contributed by atoms with Gasteiger partial charge in [-0.05, 0) is 6.42 Å². The van der Waals surface area contributed by atoms with Crippen LogP contribution in [0.25, 0.3) is 6.08 Å². The first kappa shape index (κ1) is 8.82. The van der Waals surface area contributed by atoms with Gasteiger partial charge in [-0.3, -0.25) is 5.10 Å². The summed E-state index contributed by atoms with van der Waals surface area (Å²) < 4.78 is 0. The molecule has 0 aliphatic rings. The summed E-state index contributed by atoms with van der Waals surface area (Å²) in [6, 6.07) is 2.00. The van der Waals surface area contributed by atoms with Crippen LogP contribution in [0.4, 0.5) is 0 Å². The molecule has 0 unspecified atom stereocenters. The molecule has 0 atom stereocenters. The van der Waals surface area contributed by atoms with E-state index in [1.165, 1.54) is 0 Å². The lowest BCUT2D eigenvalue weighted by Gasteiger charge is -1.84. The number of hydrogen-bond donors (Lipinski definition) is 1. The van der Waals surface area contributed by atoms with Crippen molar-refractivity contribution in [3.05, 3.63) is 23.5 Å². The summed E-state index contributed by atoms with van der Waals surface area (Å²) in [5, 5.41) is 14.9. The largest absolute Gasteiger partial charge is 0.267 e. The highest BCUT2D eigenvalue weighted by Crippen LogP contribution is 2.05. The second-order valence-corrected chi connectivity index (χ2v) is 2.57. The van der Waals surface area contributed by atoms with Gasteiger partial charge in [0.15, 0.2) is 0 Å². The Hall–Kier alpha value is -1.27. The van der Waals surface area contributed by atoms with Crippen molar-refractivity contribution >= 4 is 17.7 Å². The molecule has 1 aromatic rings. The Labute approximate surface area is 75.7 Å². The first-order valence-electron chi connectivity index (χ1n) is 3.54. The summed E-state index contributed by atoms with van der Waals surface area (Å²) in [5.74, 6) is 0.593. The number of alkyl halides is 1. The van der Waals surface area contributed by atoms with Crippen LogP contribution in [0.3, 0.4) is 0 Å². The Balaban J connectivity index is 2.69. The molecule has 1 N–H and O–H groups in total. The van der Waals surface area contributed by atoms with Crippen LogP contribution in [-0.2, 0) is 0 Å². The predicted octanol–water partition coefficient (Wildman–Crippen LogP) is 1.92. The Kier molecular flexibility index (Phi) is 3.36. The number of nitriles is 1. The van der Waals surface area contributed by atoms with Crippen LogP contribution >= 0.6 is 11.6 Å². The van der Waals surface area contributed by atoms with E-state index in [1.807, 2.05) is 18.2 Å². The molecule has 0 aliphatic heterocycles. The minimum absolute atomic E-state index is 0.487. The number of nitrogens with one attached hydrogen (secondary N) is 1. The van der Waals surface area contributed by atoms with Crippen molar-refractivity contribution in [3.63, 3.8) is 0 Å². The fraction of sp³-hybridized carbons (Fsp3) is 0.250. The molecule has 12 heavy (non-hydrogen) atoms. The van der Waals surface area contributed by atoms with E-state index in [1.54, 1.807) is 6.20 Å². The molecule has 1 rings (SSSR count). The minimum atomic E-state index is 0.487. The van der Waals surface area contributed by atoms with Gasteiger partial charge in [-0.15, -0.1) is 11.6 Å². The fourth-order valence-electron chi connectivity index (χ4n) is 0.785. The Morgan fingerprint density at radius 3 is 3.25 bits per heavy atom. The maximum atomic E-state index is 8.58. The van der Waals surface area contributed by atoms with Crippen LogP contribution < -0.4 is 0 Å². The molecule has 0 saturated heterocycles. The van der Waals surface area contributed by atoms with Crippen LogP contribution in [0.15, 0.2) is 12.3 Å². The highest BCUT2D eigenvalue weighted by Gasteiger charge is 1.97. The number of allylic oxidation sites excluding steroid dienone is 1. The van der Waals surface area contributed by atoms with Gasteiger partial charge in [0.05, 0.1) is 6.20 Å². The second kappa shape index (κ2) is 4.58. The first-order valence-corrected chi connectivity index (χ1v) is 4.08. The number of aromatic amines is 1. The maximum Gasteiger partial charge on any atom is 0.142 e. The molecule has 0 fully saturated rings. The van der Waals surface area contributed by atoms with Crippen LogP contribution in [0.2, 0.25) is 0 Å². The van der Waals surface area contributed by atoms with Gasteiger partial charge in [0.1, 0.15) is 11.8 Å². The third kappa shape index (κ3) is 2.11. The van der Waals surface area contributed by atoms with Crippen molar-refractivity contribution in [1.82, 2.24) is 10.2 Å². The van der Waals surface area contributed by atoms with Gasteiger partial charge in [-0.2, -0.15) is 10.4 Å². The van der Waals surface area contributed by atoms with Crippen molar-refractivity contribution in [3.8, 4) is 6.07 Å². The van der Waals surface area contributed by atoms with Gasteiger partial charge in [0.25, 0.3) is 0 Å². The average Bonchev–Trinajstić information content (AvgIpc) is 2.52. The molecule has 1 heterocycles. The van der Waals surface area contributed by atoms with Gasteiger partial charge < -0.3 is 0 Å². The average molecular weight is 182 g/mol. The first-order chi connectivity index (χ1) is 5.88. The molecule has 0 spiro atoms. The van der Waals surface area contributed by atoms with Crippen LogP contribution in [0, 0.1) is 11.3 Å². The number of aromatic nitrogens is 2. The zero-order chi connectivity index (χ0) is 8.81. The molecule has 62 valence electrons. The van der Waals surface area contributed by atoms with Crippen LogP contribution in [0.5, 0.6) is 0 Å². The number of H-pyrrole nitrogens is 1. The molecule has 1 aromatic heterocycles. The SMILES string of the molecule is N#Cc1[nH]ncc1C=CCCCl. The zero-order valence-electron chi connectivity index (χ0n) is 6.42. The van der Waals surface area contributed by atoms with E-state index >= 15 is 0 Å². The normalized spacial score (nSPS) is 10.3. The van der Waals surface area contributed by atoms with E-state index < -0.39 is 0 Å². The number of rotatable bonds is 3. The third-order valence-corrected chi connectivity index (χ3v) is 1.57. The lowest BCUT2D eigenvalue weighted by Crippen LogP contribution is -1.76. The Morgan fingerprint density at radius 2 is 2.58 bits per heavy atom. The van der Waals surface area contributed by atoms with Crippen LogP contribution in [-0.4, -0.2) is 16.1 Å². The van der Waals surface area contributed by atoms with Crippen molar-refractivity contribution in [2.75, 3.05) is 5.88 Å². The summed E-state index contributed by atoms with van der Waals surface area (Å²) in [6.45, 7) is 0. The monoisotopic (exact) mass is 181 g/mol. The van der Waals surface area contributed by atoms with E-state index in [2.05, 4.69) is 10.2 Å². The van der Waals surface area contributed by atoms with Gasteiger partial charge in [-0.1, -0.05) is 12.2 Å². The number of halogens is 1.